The molecule has 0 amide bonds. The van der Waals surface area contributed by atoms with Crippen molar-refractivity contribution in [3.63, 3.8) is 0 Å². The molecule has 0 bridgehead atoms. The highest BCUT2D eigenvalue weighted by molar-refractivity contribution is 6.04. The third-order valence-electron chi connectivity index (χ3n) is 8.52. The van der Waals surface area contributed by atoms with Gasteiger partial charge >= 0.3 is 0 Å². The molecule has 0 aromatic heterocycles. The van der Waals surface area contributed by atoms with E-state index in [0.717, 1.165) is 34.8 Å². The molecule has 3 aromatic rings. The Balaban J connectivity index is 0.000000244. The Labute approximate surface area is 283 Å². The summed E-state index contributed by atoms with van der Waals surface area (Å²) in [7, 11) is 3.61. The van der Waals surface area contributed by atoms with Gasteiger partial charge in [-0.05, 0) is 66.3 Å². The maximum Gasteiger partial charge on any atom is 0.167 e. The van der Waals surface area contributed by atoms with Gasteiger partial charge < -0.3 is 21.7 Å². The monoisotopic (exact) mass is 639 g/mol. The summed E-state index contributed by atoms with van der Waals surface area (Å²) in [4.78, 5) is 6.88. The number of hydrogen-bond acceptors (Lipinski definition) is 6. The minimum atomic E-state index is -0.672. The predicted molar refractivity (Wildman–Crippen MR) is 199 cm³/mol. The lowest BCUT2D eigenvalue weighted by Crippen LogP contribution is -2.39. The van der Waals surface area contributed by atoms with E-state index < -0.39 is 6.10 Å². The second-order valence-electron chi connectivity index (χ2n) is 12.1. The predicted octanol–water partition coefficient (Wildman–Crippen LogP) is 6.57. The van der Waals surface area contributed by atoms with Crippen LogP contribution in [0, 0.1) is 5.92 Å². The van der Waals surface area contributed by atoms with Crippen LogP contribution in [0.3, 0.4) is 0 Å². The zero-order valence-electron chi connectivity index (χ0n) is 29.7. The van der Waals surface area contributed by atoms with E-state index in [9.17, 15) is 5.11 Å². The summed E-state index contributed by atoms with van der Waals surface area (Å²) in [6, 6.07) is 25.6. The molecule has 0 saturated carbocycles. The van der Waals surface area contributed by atoms with E-state index >= 15 is 0 Å². The van der Waals surface area contributed by atoms with E-state index in [-0.39, 0.29) is 6.04 Å². The quantitative estimate of drug-likeness (QED) is 0.0564. The zero-order chi connectivity index (χ0) is 34.3. The smallest absolute Gasteiger partial charge is 0.167 e. The number of aryl methyl sites for hydroxylation is 2. The minimum Gasteiger partial charge on any atom is -0.382 e. The number of rotatable bonds is 10. The Hall–Kier alpha value is -3.98. The molecule has 6 N–H and O–H groups in total. The van der Waals surface area contributed by atoms with Crippen LogP contribution < -0.4 is 22.0 Å². The molecule has 0 radical (unpaired) electrons. The lowest BCUT2D eigenvalue weighted by molar-refractivity contribution is 0.209. The van der Waals surface area contributed by atoms with E-state index in [2.05, 4.69) is 89.2 Å². The van der Waals surface area contributed by atoms with Crippen LogP contribution in [0.2, 0.25) is 0 Å². The molecule has 0 spiro atoms. The standard InChI is InChI=1S/C20H31N3O.C17H20N4.C2H6/c1-6-17-13-23(17)15(4)20(21-5)22-18(12-14(2)3)19(24)16-10-8-7-9-11-16;1-19-21-17(20-18)16-8-3-2-7-15(16)14-10-9-12-5-4-6-13(12)11-14;1-2/h7-12,14-15,17,19,24H,6,13H2,1-5H3,(H,21,22);2-3,7-11,19H,4-6,18H2,1H3,(H,20,21);1-2H3/b18-12-;;. The number of hydrogen-bond donors (Lipinski definition) is 5. The normalized spacial score (nSPS) is 18.6. The van der Waals surface area contributed by atoms with Crippen LogP contribution in [0.15, 0.2) is 94.7 Å². The average molecular weight is 640 g/mol. The summed E-state index contributed by atoms with van der Waals surface area (Å²) in [5.74, 6) is 7.39. The first-order valence-corrected chi connectivity index (χ1v) is 17.2. The Morgan fingerprint density at radius 3 is 2.30 bits per heavy atom. The summed E-state index contributed by atoms with van der Waals surface area (Å²) in [5, 5.41) is 18.1. The Kier molecular flexibility index (Phi) is 15.1. The molecule has 47 heavy (non-hydrogen) atoms. The van der Waals surface area contributed by atoms with Crippen molar-refractivity contribution in [2.75, 3.05) is 20.6 Å². The zero-order valence-corrected chi connectivity index (χ0v) is 29.7. The fraction of sp³-hybridized carbons (Fsp3) is 0.436. The molecule has 8 heteroatoms. The van der Waals surface area contributed by atoms with Crippen LogP contribution in [0.4, 0.5) is 0 Å². The molecule has 2 aliphatic rings. The van der Waals surface area contributed by atoms with E-state index in [4.69, 9.17) is 5.84 Å². The van der Waals surface area contributed by atoms with Crippen LogP contribution in [0.1, 0.15) is 82.7 Å². The molecule has 4 atom stereocenters. The van der Waals surface area contributed by atoms with E-state index in [1.54, 1.807) is 7.05 Å². The molecule has 3 aromatic carbocycles. The van der Waals surface area contributed by atoms with Gasteiger partial charge in [-0.25, -0.2) is 5.43 Å². The third kappa shape index (κ3) is 10.3. The number of nitrogens with one attached hydrogen (secondary N) is 3. The number of amidine groups is 2. The van der Waals surface area contributed by atoms with Crippen LogP contribution >= 0.6 is 0 Å². The SMILES string of the molecule is CC.CCC1CN1C(C)C(=NC)N/C(=C\C(C)C)C(O)c1ccccc1.CNN/C(=N\N)c1ccccc1-c1ccc2c(c1)CCC2. The van der Waals surface area contributed by atoms with Crippen molar-refractivity contribution in [2.24, 2.45) is 21.9 Å². The highest BCUT2D eigenvalue weighted by atomic mass is 16.3. The number of allylic oxidation sites excluding steroid dienone is 1. The molecule has 4 unspecified atom stereocenters. The van der Waals surface area contributed by atoms with Gasteiger partial charge in [-0.1, -0.05) is 113 Å². The van der Waals surface area contributed by atoms with Gasteiger partial charge in [0.25, 0.3) is 0 Å². The highest BCUT2D eigenvalue weighted by Gasteiger charge is 2.38. The number of aliphatic hydroxyl groups is 1. The average Bonchev–Trinajstić information content (AvgIpc) is 3.76. The Bertz CT molecular complexity index is 1480. The molecule has 1 fully saturated rings. The van der Waals surface area contributed by atoms with Crippen molar-refractivity contribution in [3.05, 3.63) is 107 Å². The fourth-order valence-electron chi connectivity index (χ4n) is 6.03. The Morgan fingerprint density at radius 2 is 1.68 bits per heavy atom. The number of nitrogens with two attached hydrogens (primary N) is 1. The molecule has 1 aliphatic heterocycles. The van der Waals surface area contributed by atoms with Gasteiger partial charge in [-0.3, -0.25) is 9.89 Å². The maximum atomic E-state index is 10.8. The van der Waals surface area contributed by atoms with Gasteiger partial charge in [0, 0.05) is 37.9 Å². The molecule has 1 heterocycles. The van der Waals surface area contributed by atoms with Gasteiger partial charge in [0.1, 0.15) is 11.9 Å². The number of hydrazone groups is 1. The number of aliphatic imine (C=N–C) groups is 1. The van der Waals surface area contributed by atoms with Crippen LogP contribution in [0.25, 0.3) is 11.1 Å². The van der Waals surface area contributed by atoms with Gasteiger partial charge in [-0.2, -0.15) is 5.10 Å². The highest BCUT2D eigenvalue weighted by Crippen LogP contribution is 2.30. The molecule has 254 valence electrons. The topological polar surface area (TPSA) is 110 Å². The van der Waals surface area contributed by atoms with Gasteiger partial charge in [0.05, 0.1) is 6.04 Å². The van der Waals surface area contributed by atoms with E-state index in [1.807, 2.05) is 69.4 Å². The first-order chi connectivity index (χ1) is 22.8. The largest absolute Gasteiger partial charge is 0.382 e. The summed E-state index contributed by atoms with van der Waals surface area (Å²) in [6.07, 6.45) is 6.22. The first kappa shape index (κ1) is 37.5. The van der Waals surface area contributed by atoms with E-state index in [0.29, 0.717) is 17.8 Å². The van der Waals surface area contributed by atoms with Gasteiger partial charge in [0.2, 0.25) is 0 Å². The molecule has 1 saturated heterocycles. The summed E-state index contributed by atoms with van der Waals surface area (Å²) in [5.41, 5.74) is 13.8. The van der Waals surface area contributed by atoms with Crippen LogP contribution in [0.5, 0.6) is 0 Å². The maximum absolute atomic E-state index is 10.8. The lowest BCUT2D eigenvalue weighted by atomic mass is 9.96. The van der Waals surface area contributed by atoms with Crippen molar-refractivity contribution in [3.8, 4) is 11.1 Å². The first-order valence-electron chi connectivity index (χ1n) is 17.2. The number of benzene rings is 3. The molecule has 1 aliphatic carbocycles. The van der Waals surface area contributed by atoms with Crippen molar-refractivity contribution in [1.29, 1.82) is 0 Å². The van der Waals surface area contributed by atoms with Crippen molar-refractivity contribution < 1.29 is 5.11 Å². The van der Waals surface area contributed by atoms with Crippen LogP contribution in [-0.2, 0) is 12.8 Å². The lowest BCUT2D eigenvalue weighted by Gasteiger charge is -2.24. The third-order valence-corrected chi connectivity index (χ3v) is 8.52. The van der Waals surface area contributed by atoms with Crippen molar-refractivity contribution in [2.45, 2.75) is 85.4 Å². The van der Waals surface area contributed by atoms with Crippen molar-refractivity contribution >= 4 is 11.7 Å². The molecular weight excluding hydrogens is 582 g/mol. The Morgan fingerprint density at radius 1 is 1.00 bits per heavy atom. The number of hydrazine groups is 1. The van der Waals surface area contributed by atoms with Crippen LogP contribution in [-0.4, -0.2) is 54.4 Å². The fourth-order valence-corrected chi connectivity index (χ4v) is 6.03. The number of nitrogens with zero attached hydrogens (tertiary/aromatic N) is 3. The van der Waals surface area contributed by atoms with Gasteiger partial charge in [-0.15, -0.1) is 0 Å². The number of fused-ring (bicyclic) bond motifs is 1. The molecular formula is C39H57N7O. The second-order valence-corrected chi connectivity index (χ2v) is 12.1. The summed E-state index contributed by atoms with van der Waals surface area (Å²) in [6.45, 7) is 13.7. The summed E-state index contributed by atoms with van der Waals surface area (Å²) >= 11 is 0. The number of aliphatic hydroxyl groups excluding tert-OH is 1. The molecule has 5 rings (SSSR count). The van der Waals surface area contributed by atoms with Crippen molar-refractivity contribution in [1.82, 2.24) is 21.1 Å². The van der Waals surface area contributed by atoms with E-state index in [1.165, 1.54) is 42.4 Å². The minimum absolute atomic E-state index is 0.235. The summed E-state index contributed by atoms with van der Waals surface area (Å²) < 4.78 is 0. The second kappa shape index (κ2) is 19.0. The molecule has 8 nitrogen and oxygen atoms in total. The van der Waals surface area contributed by atoms with Gasteiger partial charge in [0.15, 0.2) is 5.84 Å².